The molecular weight excluding hydrogens is 310 g/mol. The molecule has 0 saturated heterocycles. The van der Waals surface area contributed by atoms with Crippen LogP contribution in [-0.2, 0) is 0 Å². The molecule has 1 saturated carbocycles. The monoisotopic (exact) mass is 329 g/mol. The van der Waals surface area contributed by atoms with Gasteiger partial charge in [0.1, 0.15) is 5.82 Å². The minimum Gasteiger partial charge on any atom is -0.397 e. The number of rotatable bonds is 4. The van der Waals surface area contributed by atoms with Crippen LogP contribution >= 0.6 is 27.7 Å². The van der Waals surface area contributed by atoms with Crippen molar-refractivity contribution in [3.05, 3.63) is 16.2 Å². The predicted molar refractivity (Wildman–Crippen MR) is 84.3 cm³/mol. The Kier molecular flexibility index (Phi) is 4.78. The number of pyridine rings is 1. The maximum absolute atomic E-state index is 5.84. The van der Waals surface area contributed by atoms with Crippen molar-refractivity contribution in [1.29, 1.82) is 0 Å². The highest BCUT2D eigenvalue weighted by atomic mass is 79.9. The van der Waals surface area contributed by atoms with Crippen LogP contribution < -0.4 is 11.1 Å². The standard InChI is InChI=1S/C13H20BrN3S/c1-3-18-10-5-4-9(6-10)17-13-12(14)8(2)11(15)7-16-13/h7,9-10H,3-6,15H2,1-2H3,(H,16,17). The van der Waals surface area contributed by atoms with Gasteiger partial charge in [-0.1, -0.05) is 6.92 Å². The second-order valence-corrected chi connectivity index (χ2v) is 7.10. The summed E-state index contributed by atoms with van der Waals surface area (Å²) in [6.07, 6.45) is 5.50. The third-order valence-electron chi connectivity index (χ3n) is 3.43. The fraction of sp³-hybridized carbons (Fsp3) is 0.615. The molecule has 2 unspecified atom stereocenters. The van der Waals surface area contributed by atoms with Gasteiger partial charge in [0.05, 0.1) is 16.4 Å². The number of halogens is 1. The molecule has 0 aromatic carbocycles. The third kappa shape index (κ3) is 3.12. The molecule has 0 spiro atoms. The van der Waals surface area contributed by atoms with Crippen LogP contribution in [0.25, 0.3) is 0 Å². The van der Waals surface area contributed by atoms with E-state index in [0.717, 1.165) is 26.8 Å². The zero-order valence-corrected chi connectivity index (χ0v) is 13.3. The van der Waals surface area contributed by atoms with Crippen molar-refractivity contribution in [2.45, 2.75) is 44.4 Å². The van der Waals surface area contributed by atoms with Gasteiger partial charge in [-0.2, -0.15) is 11.8 Å². The van der Waals surface area contributed by atoms with Crippen molar-refractivity contribution in [1.82, 2.24) is 4.98 Å². The zero-order chi connectivity index (χ0) is 13.1. The first-order valence-electron chi connectivity index (χ1n) is 6.40. The summed E-state index contributed by atoms with van der Waals surface area (Å²) in [7, 11) is 0. The molecular formula is C13H20BrN3S. The topological polar surface area (TPSA) is 50.9 Å². The van der Waals surface area contributed by atoms with Gasteiger partial charge in [-0.05, 0) is 53.4 Å². The molecule has 0 amide bonds. The van der Waals surface area contributed by atoms with Gasteiger partial charge in [0, 0.05) is 11.3 Å². The average molecular weight is 330 g/mol. The van der Waals surface area contributed by atoms with E-state index in [4.69, 9.17) is 5.73 Å². The Balaban J connectivity index is 2.01. The fourth-order valence-corrected chi connectivity index (χ4v) is 3.93. The number of aromatic nitrogens is 1. The molecule has 1 fully saturated rings. The van der Waals surface area contributed by atoms with E-state index in [-0.39, 0.29) is 0 Å². The summed E-state index contributed by atoms with van der Waals surface area (Å²) in [6.45, 7) is 4.24. The predicted octanol–water partition coefficient (Wildman–Crippen LogP) is 3.82. The molecule has 0 radical (unpaired) electrons. The van der Waals surface area contributed by atoms with Crippen LogP contribution in [0.5, 0.6) is 0 Å². The first kappa shape index (κ1) is 14.0. The largest absolute Gasteiger partial charge is 0.397 e. The summed E-state index contributed by atoms with van der Waals surface area (Å²) in [4.78, 5) is 4.38. The van der Waals surface area contributed by atoms with E-state index < -0.39 is 0 Å². The van der Waals surface area contributed by atoms with E-state index in [1.54, 1.807) is 6.20 Å². The summed E-state index contributed by atoms with van der Waals surface area (Å²) >= 11 is 5.64. The number of anilines is 2. The minimum atomic E-state index is 0.542. The van der Waals surface area contributed by atoms with E-state index in [2.05, 4.69) is 44.9 Å². The summed E-state index contributed by atoms with van der Waals surface area (Å²) in [5, 5.41) is 4.35. The number of nitrogens with two attached hydrogens (primary N) is 1. The lowest BCUT2D eigenvalue weighted by Crippen LogP contribution is -2.17. The van der Waals surface area contributed by atoms with Gasteiger partial charge in [0.15, 0.2) is 0 Å². The van der Waals surface area contributed by atoms with E-state index >= 15 is 0 Å². The van der Waals surface area contributed by atoms with Crippen molar-refractivity contribution in [3.8, 4) is 0 Å². The Morgan fingerprint density at radius 1 is 1.56 bits per heavy atom. The summed E-state index contributed by atoms with van der Waals surface area (Å²) in [5.41, 5.74) is 7.63. The SMILES string of the molecule is CCSC1CCC(Nc2ncc(N)c(C)c2Br)C1. The van der Waals surface area contributed by atoms with E-state index in [1.165, 1.54) is 25.0 Å². The van der Waals surface area contributed by atoms with Crippen molar-refractivity contribution in [2.24, 2.45) is 0 Å². The highest BCUT2D eigenvalue weighted by molar-refractivity contribution is 9.10. The second-order valence-electron chi connectivity index (χ2n) is 4.73. The Morgan fingerprint density at radius 2 is 2.33 bits per heavy atom. The molecule has 3 nitrogen and oxygen atoms in total. The number of thioether (sulfide) groups is 1. The Bertz CT molecular complexity index is 425. The minimum absolute atomic E-state index is 0.542. The molecule has 1 heterocycles. The zero-order valence-electron chi connectivity index (χ0n) is 10.9. The molecule has 1 aliphatic rings. The van der Waals surface area contributed by atoms with Gasteiger partial charge in [-0.3, -0.25) is 0 Å². The molecule has 2 rings (SSSR count). The lowest BCUT2D eigenvalue weighted by molar-refractivity contribution is 0.751. The van der Waals surface area contributed by atoms with E-state index in [1.807, 2.05) is 6.92 Å². The fourth-order valence-electron chi connectivity index (χ4n) is 2.34. The van der Waals surface area contributed by atoms with Gasteiger partial charge in [0.2, 0.25) is 0 Å². The Hall–Kier alpha value is -0.420. The highest BCUT2D eigenvalue weighted by Crippen LogP contribution is 2.34. The van der Waals surface area contributed by atoms with Crippen molar-refractivity contribution in [3.63, 3.8) is 0 Å². The van der Waals surface area contributed by atoms with Crippen LogP contribution in [0.15, 0.2) is 10.7 Å². The number of nitrogens with one attached hydrogen (secondary N) is 1. The lowest BCUT2D eigenvalue weighted by atomic mass is 10.2. The van der Waals surface area contributed by atoms with Crippen LogP contribution in [0.4, 0.5) is 11.5 Å². The normalized spacial score (nSPS) is 23.3. The quantitative estimate of drug-likeness (QED) is 0.881. The molecule has 1 aromatic heterocycles. The molecule has 1 aromatic rings. The van der Waals surface area contributed by atoms with Crippen molar-refractivity contribution in [2.75, 3.05) is 16.8 Å². The Morgan fingerprint density at radius 3 is 3.06 bits per heavy atom. The second kappa shape index (κ2) is 6.15. The highest BCUT2D eigenvalue weighted by Gasteiger charge is 2.25. The third-order valence-corrected chi connectivity index (χ3v) is 5.63. The van der Waals surface area contributed by atoms with Crippen LogP contribution in [0.3, 0.4) is 0 Å². The molecule has 100 valence electrons. The van der Waals surface area contributed by atoms with Crippen LogP contribution in [0, 0.1) is 6.92 Å². The van der Waals surface area contributed by atoms with Gasteiger partial charge >= 0.3 is 0 Å². The molecule has 3 N–H and O–H groups in total. The van der Waals surface area contributed by atoms with Crippen molar-refractivity contribution >= 4 is 39.2 Å². The van der Waals surface area contributed by atoms with Gasteiger partial charge in [-0.15, -0.1) is 0 Å². The smallest absolute Gasteiger partial charge is 0.140 e. The number of nitrogen functional groups attached to an aromatic ring is 1. The molecule has 1 aliphatic carbocycles. The van der Waals surface area contributed by atoms with Gasteiger partial charge < -0.3 is 11.1 Å². The molecule has 0 bridgehead atoms. The first-order valence-corrected chi connectivity index (χ1v) is 8.24. The summed E-state index contributed by atoms with van der Waals surface area (Å²) in [6, 6.07) is 0.542. The van der Waals surface area contributed by atoms with Crippen LogP contribution in [0.2, 0.25) is 0 Å². The molecule has 0 aliphatic heterocycles. The van der Waals surface area contributed by atoms with E-state index in [0.29, 0.717) is 6.04 Å². The summed E-state index contributed by atoms with van der Waals surface area (Å²) < 4.78 is 0.995. The number of hydrogen-bond acceptors (Lipinski definition) is 4. The van der Waals surface area contributed by atoms with Crippen LogP contribution in [0.1, 0.15) is 31.7 Å². The molecule has 2 atom stereocenters. The van der Waals surface area contributed by atoms with Gasteiger partial charge in [-0.25, -0.2) is 4.98 Å². The number of hydrogen-bond donors (Lipinski definition) is 2. The van der Waals surface area contributed by atoms with E-state index in [9.17, 15) is 0 Å². The average Bonchev–Trinajstić information content (AvgIpc) is 2.78. The van der Waals surface area contributed by atoms with Crippen molar-refractivity contribution < 1.29 is 0 Å². The maximum Gasteiger partial charge on any atom is 0.140 e. The number of nitrogens with zero attached hydrogens (tertiary/aromatic N) is 1. The Labute approximate surface area is 121 Å². The maximum atomic E-state index is 5.84. The molecule has 5 heteroatoms. The summed E-state index contributed by atoms with van der Waals surface area (Å²) in [5.74, 6) is 2.13. The lowest BCUT2D eigenvalue weighted by Gasteiger charge is -2.16. The molecule has 18 heavy (non-hydrogen) atoms. The first-order chi connectivity index (χ1) is 8.61. The van der Waals surface area contributed by atoms with Gasteiger partial charge in [0.25, 0.3) is 0 Å². The van der Waals surface area contributed by atoms with Crippen LogP contribution in [-0.4, -0.2) is 22.0 Å².